The lowest BCUT2D eigenvalue weighted by Gasteiger charge is -2.36. The van der Waals surface area contributed by atoms with Crippen molar-refractivity contribution in [3.8, 4) is 5.75 Å². The number of nitrogens with zero attached hydrogens (tertiary/aromatic N) is 3. The standard InChI is InChI=1S/C20H19F3N4O3/c21-20(22,23)13-1-3-15(4-2-13)26-5-7-27(8-6-26)18(28)12-24-14-9-17-16(25-11-14)10-19(29)30-17/h1-4,9,11,24H,5-8,10,12H2. The summed E-state index contributed by atoms with van der Waals surface area (Å²) in [6.45, 7) is 2.08. The van der Waals surface area contributed by atoms with E-state index in [-0.39, 0.29) is 24.8 Å². The third kappa shape index (κ3) is 4.32. The van der Waals surface area contributed by atoms with Gasteiger partial charge in [-0.3, -0.25) is 14.6 Å². The van der Waals surface area contributed by atoms with E-state index < -0.39 is 11.7 Å². The van der Waals surface area contributed by atoms with Crippen LogP contribution in [0.2, 0.25) is 0 Å². The molecule has 1 aromatic carbocycles. The Hall–Kier alpha value is -3.30. The normalized spacial score (nSPS) is 16.3. The van der Waals surface area contributed by atoms with Crippen molar-refractivity contribution < 1.29 is 27.5 Å². The summed E-state index contributed by atoms with van der Waals surface area (Å²) in [6.07, 6.45) is -2.65. The number of piperazine rings is 1. The Labute approximate surface area is 170 Å². The lowest BCUT2D eigenvalue weighted by Crippen LogP contribution is -2.50. The van der Waals surface area contributed by atoms with Crippen LogP contribution in [0.1, 0.15) is 11.3 Å². The Morgan fingerprint density at radius 1 is 1.13 bits per heavy atom. The van der Waals surface area contributed by atoms with Crippen LogP contribution in [0.3, 0.4) is 0 Å². The number of esters is 1. The average Bonchev–Trinajstić information content (AvgIpc) is 3.11. The molecule has 2 aliphatic rings. The van der Waals surface area contributed by atoms with Crippen LogP contribution in [0.4, 0.5) is 24.5 Å². The molecule has 0 saturated carbocycles. The van der Waals surface area contributed by atoms with Gasteiger partial charge in [-0.25, -0.2) is 0 Å². The van der Waals surface area contributed by atoms with Gasteiger partial charge >= 0.3 is 12.1 Å². The molecule has 1 aromatic heterocycles. The van der Waals surface area contributed by atoms with Crippen LogP contribution in [0.5, 0.6) is 5.75 Å². The zero-order valence-corrected chi connectivity index (χ0v) is 15.9. The molecule has 158 valence electrons. The molecule has 1 fully saturated rings. The second kappa shape index (κ2) is 7.85. The van der Waals surface area contributed by atoms with Crippen molar-refractivity contribution in [2.45, 2.75) is 12.6 Å². The van der Waals surface area contributed by atoms with Gasteiger partial charge in [-0.2, -0.15) is 13.2 Å². The smallest absolute Gasteiger partial charge is 0.416 e. The third-order valence-corrected chi connectivity index (χ3v) is 5.10. The number of carbonyl (C=O) groups excluding carboxylic acids is 2. The molecular formula is C20H19F3N4O3. The van der Waals surface area contributed by atoms with Crippen LogP contribution < -0.4 is 15.0 Å². The molecule has 1 saturated heterocycles. The minimum Gasteiger partial charge on any atom is -0.424 e. The van der Waals surface area contributed by atoms with Crippen LogP contribution in [-0.2, 0) is 22.2 Å². The van der Waals surface area contributed by atoms with E-state index in [4.69, 9.17) is 4.74 Å². The average molecular weight is 420 g/mol. The molecule has 2 aliphatic heterocycles. The number of fused-ring (bicyclic) bond motifs is 1. The van der Waals surface area contributed by atoms with Crippen LogP contribution in [0, 0.1) is 0 Å². The van der Waals surface area contributed by atoms with E-state index in [1.165, 1.54) is 12.1 Å². The van der Waals surface area contributed by atoms with Gasteiger partial charge in [0.15, 0.2) is 5.75 Å². The maximum absolute atomic E-state index is 12.7. The van der Waals surface area contributed by atoms with E-state index in [0.717, 1.165) is 12.1 Å². The van der Waals surface area contributed by atoms with Crippen LogP contribution in [0.25, 0.3) is 0 Å². The van der Waals surface area contributed by atoms with Crippen molar-refractivity contribution in [3.05, 3.63) is 47.8 Å². The molecular weight excluding hydrogens is 401 g/mol. The van der Waals surface area contributed by atoms with E-state index in [1.54, 1.807) is 17.2 Å². The minimum absolute atomic E-state index is 0.0642. The van der Waals surface area contributed by atoms with Gasteiger partial charge < -0.3 is 19.9 Å². The van der Waals surface area contributed by atoms with E-state index in [0.29, 0.717) is 49.0 Å². The molecule has 7 nitrogen and oxygen atoms in total. The number of aromatic nitrogens is 1. The first-order valence-electron chi connectivity index (χ1n) is 9.43. The maximum atomic E-state index is 12.7. The number of hydrogen-bond donors (Lipinski definition) is 1. The molecule has 0 unspecified atom stereocenters. The lowest BCUT2D eigenvalue weighted by atomic mass is 10.1. The van der Waals surface area contributed by atoms with Crippen LogP contribution >= 0.6 is 0 Å². The molecule has 4 rings (SSSR count). The summed E-state index contributed by atoms with van der Waals surface area (Å²) in [5.74, 6) is -0.0428. The van der Waals surface area contributed by atoms with E-state index in [2.05, 4.69) is 10.3 Å². The minimum atomic E-state index is -4.35. The van der Waals surface area contributed by atoms with Crippen molar-refractivity contribution >= 4 is 23.3 Å². The summed E-state index contributed by atoms with van der Waals surface area (Å²) in [7, 11) is 0. The van der Waals surface area contributed by atoms with Crippen LogP contribution in [-0.4, -0.2) is 54.5 Å². The highest BCUT2D eigenvalue weighted by Gasteiger charge is 2.30. The highest BCUT2D eigenvalue weighted by molar-refractivity contribution is 5.82. The van der Waals surface area contributed by atoms with E-state index in [1.807, 2.05) is 4.90 Å². The first-order chi connectivity index (χ1) is 14.3. The molecule has 0 spiro atoms. The van der Waals surface area contributed by atoms with Crippen molar-refractivity contribution in [2.24, 2.45) is 0 Å². The predicted molar refractivity (Wildman–Crippen MR) is 102 cm³/mol. The summed E-state index contributed by atoms with van der Waals surface area (Å²) >= 11 is 0. The second-order valence-corrected chi connectivity index (χ2v) is 7.09. The number of amides is 1. The summed E-state index contributed by atoms with van der Waals surface area (Å²) < 4.78 is 43.1. The molecule has 0 aliphatic carbocycles. The maximum Gasteiger partial charge on any atom is 0.416 e. The number of anilines is 2. The molecule has 10 heteroatoms. The number of hydrogen-bond acceptors (Lipinski definition) is 6. The van der Waals surface area contributed by atoms with Crippen molar-refractivity contribution in [3.63, 3.8) is 0 Å². The number of rotatable bonds is 4. The van der Waals surface area contributed by atoms with Gasteiger partial charge in [0, 0.05) is 37.9 Å². The van der Waals surface area contributed by atoms with Gasteiger partial charge in [-0.1, -0.05) is 0 Å². The van der Waals surface area contributed by atoms with Gasteiger partial charge in [0.2, 0.25) is 5.91 Å². The van der Waals surface area contributed by atoms with Gasteiger partial charge in [-0.15, -0.1) is 0 Å². The van der Waals surface area contributed by atoms with Crippen molar-refractivity contribution in [1.82, 2.24) is 9.88 Å². The predicted octanol–water partition coefficient (Wildman–Crippen LogP) is 2.32. The highest BCUT2D eigenvalue weighted by Crippen LogP contribution is 2.31. The molecule has 0 bridgehead atoms. The number of nitrogens with one attached hydrogen (secondary N) is 1. The summed E-state index contributed by atoms with van der Waals surface area (Å²) in [5.41, 5.74) is 1.19. The molecule has 3 heterocycles. The largest absolute Gasteiger partial charge is 0.424 e. The van der Waals surface area contributed by atoms with E-state index >= 15 is 0 Å². The number of benzene rings is 1. The van der Waals surface area contributed by atoms with Gasteiger partial charge in [0.05, 0.1) is 36.1 Å². The summed E-state index contributed by atoms with van der Waals surface area (Å²) in [5, 5.41) is 2.98. The Morgan fingerprint density at radius 2 is 1.83 bits per heavy atom. The number of halogens is 3. The van der Waals surface area contributed by atoms with Crippen LogP contribution in [0.15, 0.2) is 36.5 Å². The second-order valence-electron chi connectivity index (χ2n) is 7.09. The van der Waals surface area contributed by atoms with Gasteiger partial charge in [0.25, 0.3) is 0 Å². The summed E-state index contributed by atoms with van der Waals surface area (Å²) in [4.78, 5) is 31.6. The number of pyridine rings is 1. The zero-order chi connectivity index (χ0) is 21.3. The first-order valence-corrected chi connectivity index (χ1v) is 9.43. The monoisotopic (exact) mass is 420 g/mol. The fourth-order valence-electron chi connectivity index (χ4n) is 3.45. The molecule has 30 heavy (non-hydrogen) atoms. The number of alkyl halides is 3. The topological polar surface area (TPSA) is 74.8 Å². The third-order valence-electron chi connectivity index (χ3n) is 5.10. The Morgan fingerprint density at radius 3 is 2.50 bits per heavy atom. The zero-order valence-electron chi connectivity index (χ0n) is 15.9. The Bertz CT molecular complexity index is 955. The van der Waals surface area contributed by atoms with Crippen molar-refractivity contribution in [2.75, 3.05) is 42.9 Å². The van der Waals surface area contributed by atoms with E-state index in [9.17, 15) is 22.8 Å². The first kappa shape index (κ1) is 20.0. The Balaban J connectivity index is 1.27. The Kier molecular flexibility index (Phi) is 5.23. The lowest BCUT2D eigenvalue weighted by molar-refractivity contribution is -0.137. The van der Waals surface area contributed by atoms with Gasteiger partial charge in [-0.05, 0) is 24.3 Å². The number of carbonyl (C=O) groups is 2. The molecule has 2 aromatic rings. The van der Waals surface area contributed by atoms with Crippen molar-refractivity contribution in [1.29, 1.82) is 0 Å². The molecule has 0 radical (unpaired) electrons. The quantitative estimate of drug-likeness (QED) is 0.766. The fraction of sp³-hybridized carbons (Fsp3) is 0.350. The van der Waals surface area contributed by atoms with Gasteiger partial charge in [0.1, 0.15) is 0 Å². The highest BCUT2D eigenvalue weighted by atomic mass is 19.4. The summed E-state index contributed by atoms with van der Waals surface area (Å²) in [6, 6.07) is 6.69. The SMILES string of the molecule is O=C1Cc2ncc(NCC(=O)N3CCN(c4ccc(C(F)(F)F)cc4)CC3)cc2O1. The molecule has 1 N–H and O–H groups in total. The number of ether oxygens (including phenoxy) is 1. The molecule has 1 amide bonds. The molecule has 0 atom stereocenters. The fourth-order valence-corrected chi connectivity index (χ4v) is 3.45.